The van der Waals surface area contributed by atoms with Crippen molar-refractivity contribution in [1.82, 2.24) is 31.2 Å². The first kappa shape index (κ1) is 23.4. The number of ether oxygens (including phenoxy) is 1. The predicted molar refractivity (Wildman–Crippen MR) is 124 cm³/mol. The highest BCUT2D eigenvalue weighted by Crippen LogP contribution is 2.36. The average molecular weight is 522 g/mol. The van der Waals surface area contributed by atoms with Gasteiger partial charge in [0.15, 0.2) is 17.1 Å². The summed E-state index contributed by atoms with van der Waals surface area (Å²) in [5, 5.41) is 9.78. The number of aromatic nitrogens is 1. The van der Waals surface area contributed by atoms with Gasteiger partial charge >= 0.3 is 12.1 Å². The maximum Gasteiger partial charge on any atom is 0.322 e. The molecular weight excluding hydrogens is 503 g/mol. The molecule has 14 heteroatoms. The molecule has 2 fully saturated rings. The summed E-state index contributed by atoms with van der Waals surface area (Å²) < 4.78 is 25.7. The highest BCUT2D eigenvalue weighted by Gasteiger charge is 2.53. The Balaban J connectivity index is 1.39. The van der Waals surface area contributed by atoms with Crippen LogP contribution in [0.5, 0.6) is 5.75 Å². The van der Waals surface area contributed by atoms with Crippen LogP contribution < -0.4 is 26.0 Å². The van der Waals surface area contributed by atoms with Gasteiger partial charge in [-0.1, -0.05) is 6.07 Å². The monoisotopic (exact) mass is 522 g/mol. The Morgan fingerprint density at radius 1 is 1.08 bits per heavy atom. The van der Waals surface area contributed by atoms with Crippen molar-refractivity contribution in [2.45, 2.75) is 24.5 Å². The minimum absolute atomic E-state index is 0.0181. The number of hydrogen-bond acceptors (Lipinski definition) is 8. The number of carbonyl (C=O) groups excluding carboxylic acids is 5. The zero-order chi connectivity index (χ0) is 27.0. The Bertz CT molecular complexity index is 1620. The molecule has 0 bridgehead atoms. The number of amides is 7. The molecule has 13 nitrogen and oxygen atoms in total. The molecule has 3 aliphatic heterocycles. The summed E-state index contributed by atoms with van der Waals surface area (Å²) >= 11 is 0. The van der Waals surface area contributed by atoms with Crippen LogP contribution in [-0.4, -0.2) is 53.3 Å². The maximum atomic E-state index is 14.9. The van der Waals surface area contributed by atoms with E-state index in [4.69, 9.17) is 9.15 Å². The van der Waals surface area contributed by atoms with Gasteiger partial charge in [0.05, 0.1) is 19.2 Å². The van der Waals surface area contributed by atoms with Gasteiger partial charge in [-0.25, -0.2) is 19.0 Å². The summed E-state index contributed by atoms with van der Waals surface area (Å²) in [7, 11) is 1.28. The number of urea groups is 2. The van der Waals surface area contributed by atoms with Crippen molar-refractivity contribution in [2.24, 2.45) is 0 Å². The molecule has 0 aliphatic carbocycles. The van der Waals surface area contributed by atoms with Crippen LogP contribution in [0.25, 0.3) is 11.1 Å². The van der Waals surface area contributed by atoms with Crippen LogP contribution in [0, 0.1) is 5.82 Å². The van der Waals surface area contributed by atoms with Crippen molar-refractivity contribution in [3.63, 3.8) is 0 Å². The second-order valence-corrected chi connectivity index (χ2v) is 9.35. The number of rotatable bonds is 5. The molecule has 0 spiro atoms. The molecule has 6 rings (SSSR count). The van der Waals surface area contributed by atoms with Crippen molar-refractivity contribution in [1.29, 1.82) is 0 Å². The van der Waals surface area contributed by atoms with E-state index in [0.29, 0.717) is 16.5 Å². The molecule has 3 aromatic rings. The van der Waals surface area contributed by atoms with E-state index >= 15 is 0 Å². The number of furan rings is 1. The SMILES string of the molecule is COc1ccc2c(c1F)C(=O)N(C[C@@]1(c3cc4cc(C5(C)NC(=O)NC5=O)cnc4o3)NC(=O)NC1=O)C2. The van der Waals surface area contributed by atoms with Crippen LogP contribution in [0.1, 0.15) is 34.2 Å². The van der Waals surface area contributed by atoms with Gasteiger partial charge in [0.1, 0.15) is 11.3 Å². The van der Waals surface area contributed by atoms with Crippen LogP contribution in [0.4, 0.5) is 14.0 Å². The van der Waals surface area contributed by atoms with E-state index in [-0.39, 0.29) is 35.9 Å². The van der Waals surface area contributed by atoms with Gasteiger partial charge in [0.2, 0.25) is 5.71 Å². The summed E-state index contributed by atoms with van der Waals surface area (Å²) in [6.45, 7) is 1.12. The molecule has 4 N–H and O–H groups in total. The highest BCUT2D eigenvalue weighted by molar-refractivity contribution is 6.09. The van der Waals surface area contributed by atoms with Crippen LogP contribution in [0.3, 0.4) is 0 Å². The second-order valence-electron chi connectivity index (χ2n) is 9.35. The second kappa shape index (κ2) is 7.74. The summed E-state index contributed by atoms with van der Waals surface area (Å²) in [6.07, 6.45) is 1.34. The largest absolute Gasteiger partial charge is 0.494 e. The van der Waals surface area contributed by atoms with E-state index < -0.39 is 46.7 Å². The van der Waals surface area contributed by atoms with Gasteiger partial charge in [-0.3, -0.25) is 25.0 Å². The number of nitrogens with zero attached hydrogens (tertiary/aromatic N) is 2. The minimum atomic E-state index is -1.85. The lowest BCUT2D eigenvalue weighted by Crippen LogP contribution is -2.52. The molecule has 2 saturated heterocycles. The van der Waals surface area contributed by atoms with Crippen LogP contribution >= 0.6 is 0 Å². The van der Waals surface area contributed by atoms with Crippen LogP contribution in [-0.2, 0) is 27.2 Å². The first-order chi connectivity index (χ1) is 18.1. The number of hydrogen-bond donors (Lipinski definition) is 4. The standard InChI is InChI=1S/C24H19FN6O7/c1-23(19(33)27-21(35)29-23)12-5-11-6-14(38-17(11)26-7-12)24(20(34)28-22(36)30-24)9-31-8-10-3-4-13(37-2)16(25)15(10)18(31)32/h3-7H,8-9H2,1-2H3,(H2,27,29,33,35)(H2,28,30,34,36)/t23?,24-/m0/s1. The van der Waals surface area contributed by atoms with Gasteiger partial charge in [-0.15, -0.1) is 0 Å². The molecule has 3 aliphatic rings. The van der Waals surface area contributed by atoms with E-state index in [1.54, 1.807) is 12.1 Å². The first-order valence-corrected chi connectivity index (χ1v) is 11.4. The van der Waals surface area contributed by atoms with Crippen molar-refractivity contribution in [2.75, 3.05) is 13.7 Å². The molecule has 0 radical (unpaired) electrons. The molecule has 5 heterocycles. The molecule has 1 unspecified atom stereocenters. The minimum Gasteiger partial charge on any atom is -0.494 e. The van der Waals surface area contributed by atoms with Gasteiger partial charge in [-0.2, -0.15) is 0 Å². The normalized spacial score (nSPS) is 24.4. The molecule has 2 atom stereocenters. The van der Waals surface area contributed by atoms with Crippen molar-refractivity contribution in [3.8, 4) is 5.75 Å². The predicted octanol–water partition coefficient (Wildman–Crippen LogP) is 0.721. The average Bonchev–Trinajstić information content (AvgIpc) is 3.58. The lowest BCUT2D eigenvalue weighted by molar-refractivity contribution is -0.125. The summed E-state index contributed by atoms with van der Waals surface area (Å²) in [6, 6.07) is 4.51. The summed E-state index contributed by atoms with van der Waals surface area (Å²) in [5.74, 6) is -2.98. The summed E-state index contributed by atoms with van der Waals surface area (Å²) in [5.41, 5.74) is -2.58. The topological polar surface area (TPSA) is 172 Å². The Hall–Kier alpha value is -5.01. The fraction of sp³-hybridized carbons (Fsp3) is 0.250. The van der Waals surface area contributed by atoms with Gasteiger partial charge in [0.25, 0.3) is 17.7 Å². The number of pyridine rings is 1. The number of benzene rings is 1. The number of fused-ring (bicyclic) bond motifs is 2. The van der Waals surface area contributed by atoms with E-state index in [0.717, 1.165) is 0 Å². The van der Waals surface area contributed by atoms with Crippen molar-refractivity contribution in [3.05, 3.63) is 58.7 Å². The number of nitrogens with one attached hydrogen (secondary N) is 4. The Labute approximate surface area is 212 Å². The lowest BCUT2D eigenvalue weighted by atomic mass is 9.92. The highest BCUT2D eigenvalue weighted by atomic mass is 19.1. The van der Waals surface area contributed by atoms with Crippen LogP contribution in [0.15, 0.2) is 34.9 Å². The lowest BCUT2D eigenvalue weighted by Gasteiger charge is -2.28. The number of halogens is 1. The zero-order valence-electron chi connectivity index (χ0n) is 19.9. The van der Waals surface area contributed by atoms with Gasteiger partial charge in [-0.05, 0) is 30.7 Å². The third-order valence-electron chi connectivity index (χ3n) is 7.06. The number of imide groups is 2. The molecule has 2 aromatic heterocycles. The molecular formula is C24H19FN6O7. The molecule has 0 saturated carbocycles. The van der Waals surface area contributed by atoms with E-state index in [2.05, 4.69) is 26.3 Å². The fourth-order valence-corrected chi connectivity index (χ4v) is 4.98. The quantitative estimate of drug-likeness (QED) is 0.355. The van der Waals surface area contributed by atoms with E-state index in [9.17, 15) is 28.4 Å². The van der Waals surface area contributed by atoms with Crippen molar-refractivity contribution < 1.29 is 37.5 Å². The smallest absolute Gasteiger partial charge is 0.322 e. The Kier molecular flexibility index (Phi) is 4.77. The van der Waals surface area contributed by atoms with Gasteiger partial charge < -0.3 is 24.7 Å². The third-order valence-corrected chi connectivity index (χ3v) is 7.06. The maximum absolute atomic E-state index is 14.9. The van der Waals surface area contributed by atoms with Gasteiger partial charge in [0, 0.05) is 23.7 Å². The fourth-order valence-electron chi connectivity index (χ4n) is 4.98. The Morgan fingerprint density at radius 2 is 1.82 bits per heavy atom. The number of methoxy groups -OCH3 is 1. The molecule has 7 amide bonds. The Morgan fingerprint density at radius 3 is 2.47 bits per heavy atom. The molecule has 1 aromatic carbocycles. The van der Waals surface area contributed by atoms with Crippen molar-refractivity contribution >= 4 is 40.9 Å². The number of carbonyl (C=O) groups is 5. The molecule has 38 heavy (non-hydrogen) atoms. The van der Waals surface area contributed by atoms with E-state index in [1.165, 1.54) is 37.3 Å². The van der Waals surface area contributed by atoms with Crippen LogP contribution in [0.2, 0.25) is 0 Å². The molecule has 194 valence electrons. The van der Waals surface area contributed by atoms with E-state index in [1.807, 2.05) is 0 Å². The zero-order valence-corrected chi connectivity index (χ0v) is 19.9. The summed E-state index contributed by atoms with van der Waals surface area (Å²) in [4.78, 5) is 68.0. The third kappa shape index (κ3) is 3.16. The first-order valence-electron chi connectivity index (χ1n) is 11.4.